The Bertz CT molecular complexity index is 884. The lowest BCUT2D eigenvalue weighted by Gasteiger charge is -2.16. The first-order valence-electron chi connectivity index (χ1n) is 8.48. The molecular weight excluding hydrogens is 334 g/mol. The molecule has 0 spiro atoms. The fourth-order valence-corrected chi connectivity index (χ4v) is 4.06. The van der Waals surface area contributed by atoms with Crippen molar-refractivity contribution >= 4 is 22.2 Å². The highest BCUT2D eigenvalue weighted by molar-refractivity contribution is 7.16. The van der Waals surface area contributed by atoms with Crippen molar-refractivity contribution in [1.29, 1.82) is 0 Å². The molecule has 1 aromatic carbocycles. The summed E-state index contributed by atoms with van der Waals surface area (Å²) in [4.78, 5) is 19.9. The first kappa shape index (κ1) is 16.2. The summed E-state index contributed by atoms with van der Waals surface area (Å²) >= 11 is 1.49. The van der Waals surface area contributed by atoms with E-state index < -0.39 is 0 Å². The summed E-state index contributed by atoms with van der Waals surface area (Å²) in [7, 11) is 0. The third-order valence-corrected chi connectivity index (χ3v) is 5.31. The SMILES string of the molecule is Cc1cccc(CN2CCC(NC(=O)c3cn4nc(C)sc4n3)C2)c1. The van der Waals surface area contributed by atoms with Gasteiger partial charge in [0.2, 0.25) is 4.96 Å². The van der Waals surface area contributed by atoms with Crippen molar-refractivity contribution in [3.8, 4) is 0 Å². The Morgan fingerprint density at radius 3 is 3.08 bits per heavy atom. The minimum absolute atomic E-state index is 0.113. The molecule has 0 saturated carbocycles. The van der Waals surface area contributed by atoms with E-state index in [9.17, 15) is 4.79 Å². The van der Waals surface area contributed by atoms with Gasteiger partial charge in [-0.3, -0.25) is 9.69 Å². The number of aromatic nitrogens is 3. The zero-order valence-electron chi connectivity index (χ0n) is 14.4. The highest BCUT2D eigenvalue weighted by atomic mass is 32.1. The molecule has 25 heavy (non-hydrogen) atoms. The van der Waals surface area contributed by atoms with E-state index in [-0.39, 0.29) is 11.9 Å². The highest BCUT2D eigenvalue weighted by Gasteiger charge is 2.25. The van der Waals surface area contributed by atoms with Crippen LogP contribution in [-0.4, -0.2) is 44.5 Å². The topological polar surface area (TPSA) is 62.5 Å². The molecule has 1 fully saturated rings. The molecule has 0 aliphatic carbocycles. The fourth-order valence-electron chi connectivity index (χ4n) is 3.33. The van der Waals surface area contributed by atoms with E-state index in [4.69, 9.17) is 0 Å². The van der Waals surface area contributed by atoms with Crippen LogP contribution in [0.3, 0.4) is 0 Å². The van der Waals surface area contributed by atoms with Crippen molar-refractivity contribution in [2.24, 2.45) is 0 Å². The molecule has 1 N–H and O–H groups in total. The zero-order valence-corrected chi connectivity index (χ0v) is 15.2. The summed E-state index contributed by atoms with van der Waals surface area (Å²) in [5.41, 5.74) is 3.05. The largest absolute Gasteiger partial charge is 0.347 e. The second-order valence-corrected chi connectivity index (χ2v) is 7.82. The van der Waals surface area contributed by atoms with Gasteiger partial charge in [-0.15, -0.1) is 0 Å². The molecule has 1 aliphatic heterocycles. The number of hydrogen-bond acceptors (Lipinski definition) is 5. The van der Waals surface area contributed by atoms with Gasteiger partial charge in [0.25, 0.3) is 5.91 Å². The third-order valence-electron chi connectivity index (χ3n) is 4.47. The molecule has 7 heteroatoms. The van der Waals surface area contributed by atoms with Crippen LogP contribution in [0.2, 0.25) is 0 Å². The van der Waals surface area contributed by atoms with Crippen molar-refractivity contribution in [1.82, 2.24) is 24.8 Å². The molecule has 1 atom stereocenters. The standard InChI is InChI=1S/C18H21N5OS/c1-12-4-3-5-14(8-12)9-22-7-6-15(10-22)19-17(24)16-11-23-18(20-16)25-13(2)21-23/h3-5,8,11,15H,6-7,9-10H2,1-2H3,(H,19,24). The van der Waals surface area contributed by atoms with Gasteiger partial charge in [0, 0.05) is 25.7 Å². The normalized spacial score (nSPS) is 18.1. The van der Waals surface area contributed by atoms with Gasteiger partial charge >= 0.3 is 0 Å². The van der Waals surface area contributed by atoms with E-state index in [2.05, 4.69) is 51.5 Å². The number of nitrogens with one attached hydrogen (secondary N) is 1. The number of fused-ring (bicyclic) bond motifs is 1. The molecule has 1 unspecified atom stereocenters. The molecule has 2 aromatic heterocycles. The van der Waals surface area contributed by atoms with Crippen molar-refractivity contribution in [2.45, 2.75) is 32.9 Å². The lowest BCUT2D eigenvalue weighted by molar-refractivity contribution is 0.0933. The van der Waals surface area contributed by atoms with Gasteiger partial charge in [-0.05, 0) is 25.8 Å². The quantitative estimate of drug-likeness (QED) is 0.781. The third kappa shape index (κ3) is 3.57. The maximum absolute atomic E-state index is 12.4. The molecule has 1 aliphatic rings. The Morgan fingerprint density at radius 2 is 2.28 bits per heavy atom. The molecule has 6 nitrogen and oxygen atoms in total. The fraction of sp³-hybridized carbons (Fsp3) is 0.389. The average molecular weight is 355 g/mol. The Labute approximate surface area is 150 Å². The Hall–Kier alpha value is -2.25. The smallest absolute Gasteiger partial charge is 0.271 e. The lowest BCUT2D eigenvalue weighted by Crippen LogP contribution is -2.37. The maximum Gasteiger partial charge on any atom is 0.271 e. The van der Waals surface area contributed by atoms with Crippen LogP contribution >= 0.6 is 11.3 Å². The second-order valence-electron chi connectivity index (χ2n) is 6.66. The number of imidazole rings is 1. The number of benzene rings is 1. The average Bonchev–Trinajstić information content (AvgIpc) is 3.22. The zero-order chi connectivity index (χ0) is 17.4. The molecule has 0 radical (unpaired) electrons. The van der Waals surface area contributed by atoms with Gasteiger partial charge in [-0.1, -0.05) is 41.2 Å². The summed E-state index contributed by atoms with van der Waals surface area (Å²) in [5.74, 6) is -0.113. The molecule has 1 amide bonds. The minimum atomic E-state index is -0.113. The summed E-state index contributed by atoms with van der Waals surface area (Å²) in [6, 6.07) is 8.76. The van der Waals surface area contributed by atoms with E-state index in [0.717, 1.165) is 36.0 Å². The highest BCUT2D eigenvalue weighted by Crippen LogP contribution is 2.16. The Morgan fingerprint density at radius 1 is 1.40 bits per heavy atom. The number of rotatable bonds is 4. The van der Waals surface area contributed by atoms with Crippen LogP contribution in [0, 0.1) is 13.8 Å². The van der Waals surface area contributed by atoms with Crippen molar-refractivity contribution in [2.75, 3.05) is 13.1 Å². The van der Waals surface area contributed by atoms with Crippen LogP contribution in [0.4, 0.5) is 0 Å². The van der Waals surface area contributed by atoms with Crippen molar-refractivity contribution in [3.63, 3.8) is 0 Å². The van der Waals surface area contributed by atoms with Crippen molar-refractivity contribution in [3.05, 3.63) is 52.3 Å². The first-order chi connectivity index (χ1) is 12.1. The molecule has 130 valence electrons. The van der Waals surface area contributed by atoms with Gasteiger partial charge in [0.1, 0.15) is 10.7 Å². The predicted octanol–water partition coefficient (Wildman–Crippen LogP) is 2.41. The Balaban J connectivity index is 1.35. The summed E-state index contributed by atoms with van der Waals surface area (Å²) in [6.07, 6.45) is 2.67. The van der Waals surface area contributed by atoms with Gasteiger partial charge in [-0.2, -0.15) is 5.10 Å². The van der Waals surface area contributed by atoms with Crippen LogP contribution in [-0.2, 0) is 6.54 Å². The molecule has 0 bridgehead atoms. The van der Waals surface area contributed by atoms with E-state index in [1.807, 2.05) is 6.92 Å². The molecule has 3 heterocycles. The first-order valence-corrected chi connectivity index (χ1v) is 9.30. The predicted molar refractivity (Wildman–Crippen MR) is 97.9 cm³/mol. The van der Waals surface area contributed by atoms with Crippen molar-refractivity contribution < 1.29 is 4.79 Å². The summed E-state index contributed by atoms with van der Waals surface area (Å²) in [6.45, 7) is 6.84. The lowest BCUT2D eigenvalue weighted by atomic mass is 10.1. The number of carbonyl (C=O) groups excluding carboxylic acids is 1. The van der Waals surface area contributed by atoms with Crippen LogP contribution in [0.1, 0.15) is 33.0 Å². The van der Waals surface area contributed by atoms with E-state index in [1.54, 1.807) is 10.7 Å². The van der Waals surface area contributed by atoms with E-state index in [1.165, 1.54) is 22.5 Å². The minimum Gasteiger partial charge on any atom is -0.347 e. The number of likely N-dealkylation sites (tertiary alicyclic amines) is 1. The van der Waals surface area contributed by atoms with Gasteiger partial charge in [-0.25, -0.2) is 9.50 Å². The number of aryl methyl sites for hydroxylation is 2. The van der Waals surface area contributed by atoms with Crippen LogP contribution in [0.15, 0.2) is 30.5 Å². The maximum atomic E-state index is 12.4. The summed E-state index contributed by atoms with van der Waals surface area (Å²) in [5, 5.41) is 8.35. The van der Waals surface area contributed by atoms with Gasteiger partial charge < -0.3 is 5.32 Å². The number of amides is 1. The van der Waals surface area contributed by atoms with Gasteiger partial charge in [0.05, 0.1) is 6.20 Å². The summed E-state index contributed by atoms with van der Waals surface area (Å²) < 4.78 is 1.67. The van der Waals surface area contributed by atoms with E-state index >= 15 is 0 Å². The number of hydrogen-bond donors (Lipinski definition) is 1. The van der Waals surface area contributed by atoms with Crippen LogP contribution in [0.25, 0.3) is 4.96 Å². The second kappa shape index (κ2) is 6.57. The molecule has 1 saturated heterocycles. The molecular formula is C18H21N5OS. The van der Waals surface area contributed by atoms with Crippen LogP contribution in [0.5, 0.6) is 0 Å². The molecule has 3 aromatic rings. The molecule has 4 rings (SSSR count). The van der Waals surface area contributed by atoms with E-state index in [0.29, 0.717) is 5.69 Å². The van der Waals surface area contributed by atoms with Crippen LogP contribution < -0.4 is 5.32 Å². The monoisotopic (exact) mass is 355 g/mol. The number of nitrogens with zero attached hydrogens (tertiary/aromatic N) is 4. The Kier molecular flexibility index (Phi) is 4.27. The number of carbonyl (C=O) groups is 1. The van der Waals surface area contributed by atoms with Gasteiger partial charge in [0.15, 0.2) is 0 Å².